The molecule has 7 nitrogen and oxygen atoms in total. The molecule has 2 rings (SSSR count). The van der Waals surface area contributed by atoms with E-state index in [0.29, 0.717) is 36.1 Å². The molecule has 0 unspecified atom stereocenters. The van der Waals surface area contributed by atoms with E-state index in [-0.39, 0.29) is 0 Å². The molecule has 0 fully saturated rings. The van der Waals surface area contributed by atoms with E-state index >= 15 is 0 Å². The number of guanidine groups is 1. The molecule has 0 aliphatic rings. The second kappa shape index (κ2) is 10.4. The molecule has 0 aliphatic heterocycles. The van der Waals surface area contributed by atoms with Gasteiger partial charge in [0.2, 0.25) is 0 Å². The van der Waals surface area contributed by atoms with E-state index in [9.17, 15) is 4.79 Å². The molecule has 0 amide bonds. The minimum Gasteiger partial charge on any atom is -0.496 e. The predicted octanol–water partition coefficient (Wildman–Crippen LogP) is 2.99. The quantitative estimate of drug-likeness (QED) is 0.411. The van der Waals surface area contributed by atoms with Gasteiger partial charge in [-0.3, -0.25) is 0 Å². The number of hydrogen-bond acceptors (Lipinski definition) is 5. The molecule has 0 atom stereocenters. The minimum atomic E-state index is -0.409. The number of aryl methyl sites for hydroxylation is 2. The van der Waals surface area contributed by atoms with E-state index < -0.39 is 5.97 Å². The van der Waals surface area contributed by atoms with E-state index in [1.165, 1.54) is 12.7 Å². The first-order chi connectivity index (χ1) is 13.5. The Balaban J connectivity index is 1.99. The zero-order valence-corrected chi connectivity index (χ0v) is 17.2. The molecule has 0 aliphatic carbocycles. The van der Waals surface area contributed by atoms with Gasteiger partial charge < -0.3 is 24.5 Å². The van der Waals surface area contributed by atoms with Gasteiger partial charge in [-0.05, 0) is 44.9 Å². The summed E-state index contributed by atoms with van der Waals surface area (Å²) in [5.41, 5.74) is 2.78. The summed E-state index contributed by atoms with van der Waals surface area (Å²) in [7, 11) is 3.03. The number of nitrogens with zero attached hydrogens (tertiary/aromatic N) is 1. The van der Waals surface area contributed by atoms with Crippen LogP contribution in [0.1, 0.15) is 39.9 Å². The molecule has 152 valence electrons. The summed E-state index contributed by atoms with van der Waals surface area (Å²) in [5, 5.41) is 6.52. The summed E-state index contributed by atoms with van der Waals surface area (Å²) in [5.74, 6) is 2.30. The maximum Gasteiger partial charge on any atom is 0.341 e. The van der Waals surface area contributed by atoms with Gasteiger partial charge >= 0.3 is 5.97 Å². The van der Waals surface area contributed by atoms with Crippen molar-refractivity contribution in [2.45, 2.75) is 33.7 Å². The molecular weight excluding hydrogens is 358 g/mol. The van der Waals surface area contributed by atoms with Crippen LogP contribution in [0, 0.1) is 13.8 Å². The first-order valence-electron chi connectivity index (χ1n) is 9.31. The van der Waals surface area contributed by atoms with Gasteiger partial charge in [0.15, 0.2) is 5.96 Å². The van der Waals surface area contributed by atoms with Crippen molar-refractivity contribution in [1.82, 2.24) is 10.6 Å². The Kier molecular flexibility index (Phi) is 7.92. The molecular formula is C21H29N3O4. The second-order valence-electron chi connectivity index (χ2n) is 6.36. The molecule has 1 aromatic heterocycles. The van der Waals surface area contributed by atoms with Gasteiger partial charge in [-0.1, -0.05) is 17.7 Å². The molecule has 1 aromatic carbocycles. The van der Waals surface area contributed by atoms with E-state index in [1.54, 1.807) is 20.1 Å². The lowest BCUT2D eigenvalue weighted by Gasteiger charge is -2.13. The summed E-state index contributed by atoms with van der Waals surface area (Å²) >= 11 is 0. The van der Waals surface area contributed by atoms with Gasteiger partial charge in [-0.2, -0.15) is 0 Å². The summed E-state index contributed by atoms with van der Waals surface area (Å²) in [4.78, 5) is 16.2. The number of furan rings is 1. The number of esters is 1. The summed E-state index contributed by atoms with van der Waals surface area (Å²) in [6.07, 6.45) is 0.807. The largest absolute Gasteiger partial charge is 0.496 e. The minimum absolute atomic E-state index is 0.320. The van der Waals surface area contributed by atoms with Crippen LogP contribution in [0.15, 0.2) is 33.7 Å². The van der Waals surface area contributed by atoms with Crippen LogP contribution in [-0.2, 0) is 17.7 Å². The second-order valence-corrected chi connectivity index (χ2v) is 6.36. The fourth-order valence-electron chi connectivity index (χ4n) is 2.85. The third-order valence-corrected chi connectivity index (χ3v) is 4.23. The molecule has 0 saturated heterocycles. The van der Waals surface area contributed by atoms with E-state index in [4.69, 9.17) is 13.9 Å². The van der Waals surface area contributed by atoms with Crippen LogP contribution in [0.4, 0.5) is 0 Å². The first-order valence-corrected chi connectivity index (χ1v) is 9.31. The normalized spacial score (nSPS) is 11.2. The maximum atomic E-state index is 11.7. The summed E-state index contributed by atoms with van der Waals surface area (Å²) in [6.45, 7) is 7.57. The molecule has 0 spiro atoms. The van der Waals surface area contributed by atoms with Gasteiger partial charge in [-0.15, -0.1) is 0 Å². The zero-order chi connectivity index (χ0) is 20.5. The van der Waals surface area contributed by atoms with Gasteiger partial charge in [0, 0.05) is 13.1 Å². The number of carbonyl (C=O) groups excluding carboxylic acids is 1. The number of hydrogen-bond donors (Lipinski definition) is 2. The molecule has 0 bridgehead atoms. The van der Waals surface area contributed by atoms with Gasteiger partial charge in [0.1, 0.15) is 29.4 Å². The number of benzene rings is 1. The summed E-state index contributed by atoms with van der Waals surface area (Å²) < 4.78 is 15.8. The Bertz CT molecular complexity index is 827. The van der Waals surface area contributed by atoms with Crippen LogP contribution in [0.5, 0.6) is 5.75 Å². The highest BCUT2D eigenvalue weighted by atomic mass is 16.5. The average molecular weight is 387 g/mol. The molecule has 0 saturated carbocycles. The number of rotatable bonds is 8. The smallest absolute Gasteiger partial charge is 0.341 e. The third kappa shape index (κ3) is 5.77. The zero-order valence-electron chi connectivity index (χ0n) is 17.2. The number of aliphatic imine (C=N–C) groups is 1. The van der Waals surface area contributed by atoms with Crippen molar-refractivity contribution in [3.05, 3.63) is 52.5 Å². The van der Waals surface area contributed by atoms with Gasteiger partial charge in [0.25, 0.3) is 0 Å². The highest BCUT2D eigenvalue weighted by molar-refractivity contribution is 5.90. The Labute approximate surface area is 166 Å². The Morgan fingerprint density at radius 2 is 1.96 bits per heavy atom. The van der Waals surface area contributed by atoms with E-state index in [1.807, 2.05) is 19.1 Å². The van der Waals surface area contributed by atoms with Crippen molar-refractivity contribution in [2.24, 2.45) is 4.99 Å². The van der Waals surface area contributed by atoms with E-state index in [2.05, 4.69) is 28.6 Å². The molecule has 7 heteroatoms. The molecule has 2 N–H and O–H groups in total. The van der Waals surface area contributed by atoms with E-state index in [0.717, 1.165) is 24.3 Å². The van der Waals surface area contributed by atoms with Crippen molar-refractivity contribution in [1.29, 1.82) is 0 Å². The van der Waals surface area contributed by atoms with Crippen molar-refractivity contribution in [3.8, 4) is 5.75 Å². The monoisotopic (exact) mass is 387 g/mol. The van der Waals surface area contributed by atoms with Crippen LogP contribution in [-0.4, -0.2) is 39.2 Å². The molecule has 28 heavy (non-hydrogen) atoms. The Morgan fingerprint density at radius 3 is 2.64 bits per heavy atom. The molecule has 1 heterocycles. The Hall–Kier alpha value is -2.96. The predicted molar refractivity (Wildman–Crippen MR) is 109 cm³/mol. The van der Waals surface area contributed by atoms with Crippen LogP contribution in [0.25, 0.3) is 0 Å². The SMILES string of the molecule is CCNC(=NCc1cc(C(=O)OC)c(C)o1)NCCc1cc(C)ccc1OC. The Morgan fingerprint density at radius 1 is 1.18 bits per heavy atom. The number of ether oxygens (including phenoxy) is 2. The standard InChI is InChI=1S/C21H29N3O4/c1-6-22-21(23-10-9-16-11-14(2)7-8-19(16)26-4)24-13-17-12-18(15(3)28-17)20(25)27-5/h7-8,11-12H,6,9-10,13H2,1-5H3,(H2,22,23,24). The highest BCUT2D eigenvalue weighted by Gasteiger charge is 2.15. The number of methoxy groups -OCH3 is 2. The van der Waals surface area contributed by atoms with Crippen molar-refractivity contribution in [2.75, 3.05) is 27.3 Å². The fraction of sp³-hybridized carbons (Fsp3) is 0.429. The van der Waals surface area contributed by atoms with Gasteiger partial charge in [-0.25, -0.2) is 9.79 Å². The average Bonchev–Trinajstić information content (AvgIpc) is 3.06. The highest BCUT2D eigenvalue weighted by Crippen LogP contribution is 2.20. The number of nitrogens with one attached hydrogen (secondary N) is 2. The van der Waals surface area contributed by atoms with Crippen LogP contribution < -0.4 is 15.4 Å². The van der Waals surface area contributed by atoms with Crippen molar-refractivity contribution < 1.29 is 18.7 Å². The first kappa shape index (κ1) is 21.3. The number of carbonyl (C=O) groups is 1. The van der Waals surface area contributed by atoms with Crippen molar-refractivity contribution in [3.63, 3.8) is 0 Å². The van der Waals surface area contributed by atoms with Gasteiger partial charge in [0.05, 0.1) is 14.2 Å². The molecule has 2 aromatic rings. The van der Waals surface area contributed by atoms with Crippen molar-refractivity contribution >= 4 is 11.9 Å². The summed E-state index contributed by atoms with van der Waals surface area (Å²) in [6, 6.07) is 7.83. The maximum absolute atomic E-state index is 11.7. The molecule has 0 radical (unpaired) electrons. The lowest BCUT2D eigenvalue weighted by Crippen LogP contribution is -2.38. The third-order valence-electron chi connectivity index (χ3n) is 4.23. The lowest BCUT2D eigenvalue weighted by molar-refractivity contribution is 0.0599. The van der Waals surface area contributed by atoms with Crippen LogP contribution in [0.3, 0.4) is 0 Å². The topological polar surface area (TPSA) is 85.1 Å². The lowest BCUT2D eigenvalue weighted by atomic mass is 10.1. The fourth-order valence-corrected chi connectivity index (χ4v) is 2.85. The van der Waals surface area contributed by atoms with Crippen LogP contribution in [0.2, 0.25) is 0 Å². The van der Waals surface area contributed by atoms with Crippen LogP contribution >= 0.6 is 0 Å².